The smallest absolute Gasteiger partial charge is 0.175 e. The van der Waals surface area contributed by atoms with E-state index >= 15 is 0 Å². The summed E-state index contributed by atoms with van der Waals surface area (Å²) >= 11 is 0. The molecule has 1 aliphatic heterocycles. The van der Waals surface area contributed by atoms with Gasteiger partial charge in [-0.25, -0.2) is 8.42 Å². The Labute approximate surface area is 107 Å². The molecule has 6 heteroatoms. The van der Waals surface area contributed by atoms with Gasteiger partial charge in [0.2, 0.25) is 0 Å². The third-order valence-corrected chi connectivity index (χ3v) is 4.16. The van der Waals surface area contributed by atoms with Crippen molar-refractivity contribution in [2.75, 3.05) is 37.5 Å². The summed E-state index contributed by atoms with van der Waals surface area (Å²) in [5.74, 6) is 0. The number of hydrogen-bond acceptors (Lipinski definition) is 5. The van der Waals surface area contributed by atoms with E-state index in [0.717, 1.165) is 5.69 Å². The minimum absolute atomic E-state index is 0.0217. The van der Waals surface area contributed by atoms with Crippen LogP contribution in [0.1, 0.15) is 0 Å². The van der Waals surface area contributed by atoms with E-state index in [2.05, 4.69) is 0 Å². The first-order valence-electron chi connectivity index (χ1n) is 5.78. The van der Waals surface area contributed by atoms with Gasteiger partial charge in [-0.1, -0.05) is 0 Å². The van der Waals surface area contributed by atoms with Gasteiger partial charge in [0.1, 0.15) is 0 Å². The number of ether oxygens (including phenoxy) is 1. The van der Waals surface area contributed by atoms with Gasteiger partial charge in [0, 0.05) is 18.5 Å². The second-order valence-corrected chi connectivity index (χ2v) is 6.39. The van der Waals surface area contributed by atoms with Crippen LogP contribution in [0.2, 0.25) is 0 Å². The van der Waals surface area contributed by atoms with E-state index in [1.54, 1.807) is 24.3 Å². The van der Waals surface area contributed by atoms with Crippen LogP contribution in [0.15, 0.2) is 29.2 Å². The molecule has 2 rings (SSSR count). The number of aliphatic hydroxyl groups excluding tert-OH is 1. The van der Waals surface area contributed by atoms with Crippen molar-refractivity contribution in [1.82, 2.24) is 0 Å². The van der Waals surface area contributed by atoms with Crippen molar-refractivity contribution in [2.45, 2.75) is 10.9 Å². The third kappa shape index (κ3) is 2.82. The Bertz CT molecular complexity index is 497. The molecule has 1 aliphatic rings. The van der Waals surface area contributed by atoms with E-state index in [-0.39, 0.29) is 12.6 Å². The molecule has 0 bridgehead atoms. The summed E-state index contributed by atoms with van der Waals surface area (Å²) in [6.07, 6.45) is 1.19. The molecule has 18 heavy (non-hydrogen) atoms. The molecule has 1 fully saturated rings. The fourth-order valence-corrected chi connectivity index (χ4v) is 2.66. The highest BCUT2D eigenvalue weighted by Crippen LogP contribution is 2.21. The predicted octanol–water partition coefficient (Wildman–Crippen LogP) is 0.288. The minimum atomic E-state index is -3.16. The van der Waals surface area contributed by atoms with Crippen LogP contribution in [-0.4, -0.2) is 52.2 Å². The van der Waals surface area contributed by atoms with Gasteiger partial charge >= 0.3 is 0 Å². The lowest BCUT2D eigenvalue weighted by molar-refractivity contribution is 0.0727. The van der Waals surface area contributed by atoms with Crippen molar-refractivity contribution in [1.29, 1.82) is 0 Å². The van der Waals surface area contributed by atoms with Crippen molar-refractivity contribution < 1.29 is 18.3 Å². The van der Waals surface area contributed by atoms with E-state index in [4.69, 9.17) is 4.74 Å². The first kappa shape index (κ1) is 13.3. The van der Waals surface area contributed by atoms with Crippen molar-refractivity contribution in [3.63, 3.8) is 0 Å². The SMILES string of the molecule is CS(=O)(=O)c1ccc(N2CCOCC2CO)cc1. The van der Waals surface area contributed by atoms with Gasteiger partial charge in [-0.05, 0) is 24.3 Å². The maximum atomic E-state index is 11.4. The average Bonchev–Trinajstić information content (AvgIpc) is 2.38. The molecule has 1 N–H and O–H groups in total. The summed E-state index contributed by atoms with van der Waals surface area (Å²) in [6.45, 7) is 1.83. The van der Waals surface area contributed by atoms with Crippen molar-refractivity contribution >= 4 is 15.5 Å². The Balaban J connectivity index is 2.23. The molecule has 1 unspecified atom stereocenters. The topological polar surface area (TPSA) is 66.8 Å². The van der Waals surface area contributed by atoms with Crippen LogP contribution in [0.5, 0.6) is 0 Å². The van der Waals surface area contributed by atoms with Gasteiger partial charge < -0.3 is 14.7 Å². The third-order valence-electron chi connectivity index (χ3n) is 3.03. The second kappa shape index (κ2) is 5.26. The number of sulfone groups is 1. The molecule has 0 amide bonds. The Hall–Kier alpha value is -1.11. The summed E-state index contributed by atoms with van der Waals surface area (Å²) in [7, 11) is -3.16. The maximum absolute atomic E-state index is 11.4. The van der Waals surface area contributed by atoms with Crippen LogP contribution >= 0.6 is 0 Å². The van der Waals surface area contributed by atoms with Crippen LogP contribution < -0.4 is 4.90 Å². The van der Waals surface area contributed by atoms with E-state index in [0.29, 0.717) is 24.7 Å². The summed E-state index contributed by atoms with van der Waals surface area (Å²) in [6, 6.07) is 6.65. The highest BCUT2D eigenvalue weighted by Gasteiger charge is 2.22. The fraction of sp³-hybridized carbons (Fsp3) is 0.500. The number of hydrogen-bond donors (Lipinski definition) is 1. The number of anilines is 1. The zero-order valence-corrected chi connectivity index (χ0v) is 11.1. The van der Waals surface area contributed by atoms with Crippen LogP contribution in [0, 0.1) is 0 Å². The molecular weight excluding hydrogens is 254 g/mol. The number of benzene rings is 1. The lowest BCUT2D eigenvalue weighted by Crippen LogP contribution is -2.47. The second-order valence-electron chi connectivity index (χ2n) is 4.37. The van der Waals surface area contributed by atoms with Crippen LogP contribution in [0.3, 0.4) is 0 Å². The largest absolute Gasteiger partial charge is 0.394 e. The maximum Gasteiger partial charge on any atom is 0.175 e. The Morgan fingerprint density at radius 3 is 2.61 bits per heavy atom. The predicted molar refractivity (Wildman–Crippen MR) is 68.6 cm³/mol. The van der Waals surface area contributed by atoms with Crippen molar-refractivity contribution in [2.24, 2.45) is 0 Å². The number of rotatable bonds is 3. The van der Waals surface area contributed by atoms with Gasteiger partial charge in [0.05, 0.1) is 30.8 Å². The highest BCUT2D eigenvalue weighted by molar-refractivity contribution is 7.90. The molecule has 5 nitrogen and oxygen atoms in total. The first-order chi connectivity index (χ1) is 8.52. The molecule has 1 aromatic carbocycles. The Morgan fingerprint density at radius 1 is 1.39 bits per heavy atom. The van der Waals surface area contributed by atoms with Gasteiger partial charge in [-0.15, -0.1) is 0 Å². The van der Waals surface area contributed by atoms with Crippen molar-refractivity contribution in [3.05, 3.63) is 24.3 Å². The molecule has 1 aromatic rings. The quantitative estimate of drug-likeness (QED) is 0.856. The Kier molecular flexibility index (Phi) is 3.89. The number of aliphatic hydroxyl groups is 1. The van der Waals surface area contributed by atoms with E-state index in [1.165, 1.54) is 6.26 Å². The van der Waals surface area contributed by atoms with Gasteiger partial charge in [-0.3, -0.25) is 0 Å². The molecule has 100 valence electrons. The van der Waals surface area contributed by atoms with Gasteiger partial charge in [0.15, 0.2) is 9.84 Å². The van der Waals surface area contributed by atoms with Crippen LogP contribution in [-0.2, 0) is 14.6 Å². The van der Waals surface area contributed by atoms with Gasteiger partial charge in [0.25, 0.3) is 0 Å². The molecular formula is C12H17NO4S. The Morgan fingerprint density at radius 2 is 2.06 bits per heavy atom. The van der Waals surface area contributed by atoms with E-state index < -0.39 is 9.84 Å². The summed E-state index contributed by atoms with van der Waals surface area (Å²) in [5.41, 5.74) is 0.907. The van der Waals surface area contributed by atoms with Crippen LogP contribution in [0.4, 0.5) is 5.69 Å². The molecule has 0 saturated carbocycles. The normalized spacial score (nSPS) is 21.0. The number of morpholine rings is 1. The zero-order valence-electron chi connectivity index (χ0n) is 10.2. The first-order valence-corrected chi connectivity index (χ1v) is 7.67. The molecule has 1 atom stereocenters. The monoisotopic (exact) mass is 271 g/mol. The average molecular weight is 271 g/mol. The van der Waals surface area contributed by atoms with Crippen molar-refractivity contribution in [3.8, 4) is 0 Å². The number of nitrogens with zero attached hydrogens (tertiary/aromatic N) is 1. The van der Waals surface area contributed by atoms with E-state index in [9.17, 15) is 13.5 Å². The molecule has 1 heterocycles. The van der Waals surface area contributed by atoms with Crippen LogP contribution in [0.25, 0.3) is 0 Å². The van der Waals surface area contributed by atoms with E-state index in [1.807, 2.05) is 4.90 Å². The lowest BCUT2D eigenvalue weighted by Gasteiger charge is -2.36. The van der Waals surface area contributed by atoms with Gasteiger partial charge in [-0.2, -0.15) is 0 Å². The standard InChI is InChI=1S/C12H17NO4S/c1-18(15,16)12-4-2-10(3-5-12)13-6-7-17-9-11(13)8-14/h2-5,11,14H,6-9H2,1H3. The molecule has 0 spiro atoms. The summed E-state index contributed by atoms with van der Waals surface area (Å²) in [5, 5.41) is 9.29. The fourth-order valence-electron chi connectivity index (χ4n) is 2.03. The highest BCUT2D eigenvalue weighted by atomic mass is 32.2. The molecule has 1 saturated heterocycles. The molecule has 0 radical (unpaired) electrons. The summed E-state index contributed by atoms with van der Waals surface area (Å²) in [4.78, 5) is 2.34. The molecule has 0 aromatic heterocycles. The molecule has 0 aliphatic carbocycles. The zero-order chi connectivity index (χ0) is 13.2. The minimum Gasteiger partial charge on any atom is -0.394 e. The lowest BCUT2D eigenvalue weighted by atomic mass is 10.2. The summed E-state index contributed by atoms with van der Waals surface area (Å²) < 4.78 is 28.0.